The van der Waals surface area contributed by atoms with Crippen molar-refractivity contribution < 1.29 is 4.79 Å². The average molecular weight is 285 g/mol. The van der Waals surface area contributed by atoms with Gasteiger partial charge < -0.3 is 0 Å². The number of hydrogen-bond donors (Lipinski definition) is 0. The summed E-state index contributed by atoms with van der Waals surface area (Å²) >= 11 is 1.58. The largest absolute Gasteiger partial charge is 0.298 e. The lowest BCUT2D eigenvalue weighted by molar-refractivity contribution is -0.125. The van der Waals surface area contributed by atoms with Gasteiger partial charge in [-0.2, -0.15) is 0 Å². The molecule has 0 saturated heterocycles. The Morgan fingerprint density at radius 1 is 1.15 bits per heavy atom. The van der Waals surface area contributed by atoms with Crippen molar-refractivity contribution in [3.8, 4) is 0 Å². The maximum Gasteiger partial charge on any atom is 0.150 e. The average Bonchev–Trinajstić information content (AvgIpc) is 3.02. The summed E-state index contributed by atoms with van der Waals surface area (Å²) in [6.45, 7) is 0. The molecule has 2 aromatic rings. The van der Waals surface area contributed by atoms with Crippen LogP contribution < -0.4 is 0 Å². The zero-order chi connectivity index (χ0) is 13.8. The van der Waals surface area contributed by atoms with Gasteiger partial charge in [0.2, 0.25) is 0 Å². The van der Waals surface area contributed by atoms with E-state index in [0.717, 1.165) is 30.7 Å². The highest BCUT2D eigenvalue weighted by atomic mass is 32.1. The maximum atomic E-state index is 13.0. The van der Waals surface area contributed by atoms with E-state index in [9.17, 15) is 4.79 Å². The highest BCUT2D eigenvalue weighted by Crippen LogP contribution is 2.41. The molecule has 0 N–H and O–H groups in total. The first-order valence-electron chi connectivity index (χ1n) is 7.28. The van der Waals surface area contributed by atoms with Crippen LogP contribution in [0.25, 0.3) is 0 Å². The first-order valence-corrected chi connectivity index (χ1v) is 8.16. The molecule has 1 aromatic carbocycles. The van der Waals surface area contributed by atoms with Crippen molar-refractivity contribution in [3.63, 3.8) is 0 Å². The minimum Gasteiger partial charge on any atom is -0.298 e. The second-order valence-corrected chi connectivity index (χ2v) is 6.51. The molecule has 0 spiro atoms. The second-order valence-electron chi connectivity index (χ2n) is 5.53. The van der Waals surface area contributed by atoms with Gasteiger partial charge in [-0.3, -0.25) is 4.79 Å². The normalized spacial score (nSPS) is 17.8. The molecule has 1 heterocycles. The summed E-state index contributed by atoms with van der Waals surface area (Å²) in [7, 11) is 0. The molecule has 2 nitrogen and oxygen atoms in total. The first kappa shape index (κ1) is 13.5. The molecular formula is C17H19NOS. The maximum absolute atomic E-state index is 13.0. The van der Waals surface area contributed by atoms with Crippen molar-refractivity contribution in [2.45, 2.75) is 43.9 Å². The van der Waals surface area contributed by atoms with Crippen molar-refractivity contribution in [2.24, 2.45) is 0 Å². The molecule has 1 aliphatic carbocycles. The lowest BCUT2D eigenvalue weighted by Crippen LogP contribution is -2.39. The van der Waals surface area contributed by atoms with E-state index in [-0.39, 0.29) is 5.41 Å². The predicted octanol–water partition coefficient (Wildman–Crippen LogP) is 4.16. The van der Waals surface area contributed by atoms with Crippen LogP contribution in [-0.2, 0) is 16.6 Å². The van der Waals surface area contributed by atoms with Gasteiger partial charge in [-0.25, -0.2) is 4.98 Å². The van der Waals surface area contributed by atoms with Gasteiger partial charge in [-0.1, -0.05) is 49.6 Å². The van der Waals surface area contributed by atoms with Gasteiger partial charge in [-0.15, -0.1) is 11.3 Å². The van der Waals surface area contributed by atoms with Gasteiger partial charge in [0.25, 0.3) is 0 Å². The Kier molecular flexibility index (Phi) is 3.97. The van der Waals surface area contributed by atoms with E-state index >= 15 is 0 Å². The molecule has 0 amide bonds. The predicted molar refractivity (Wildman–Crippen MR) is 82.0 cm³/mol. The number of carbonyl (C=O) groups excluding carboxylic acids is 1. The van der Waals surface area contributed by atoms with Crippen molar-refractivity contribution in [1.29, 1.82) is 0 Å². The molecule has 0 aliphatic heterocycles. The van der Waals surface area contributed by atoms with Crippen LogP contribution in [-0.4, -0.2) is 10.8 Å². The minimum absolute atomic E-state index is 0.273. The Bertz CT molecular complexity index is 556. The minimum atomic E-state index is -0.273. The van der Waals surface area contributed by atoms with E-state index in [4.69, 9.17) is 0 Å². The number of hydrogen-bond acceptors (Lipinski definition) is 3. The fourth-order valence-corrected chi connectivity index (χ4v) is 3.90. The molecule has 104 valence electrons. The van der Waals surface area contributed by atoms with Gasteiger partial charge in [0.15, 0.2) is 0 Å². The first-order chi connectivity index (χ1) is 9.81. The SMILES string of the molecule is O=C(Cc1nccs1)C1(c2ccccc2)CCCCC1. The van der Waals surface area contributed by atoms with E-state index in [2.05, 4.69) is 17.1 Å². The number of thiazole rings is 1. The van der Waals surface area contributed by atoms with Crippen LogP contribution in [0.2, 0.25) is 0 Å². The molecule has 1 saturated carbocycles. The van der Waals surface area contributed by atoms with Crippen molar-refractivity contribution in [1.82, 2.24) is 4.98 Å². The van der Waals surface area contributed by atoms with E-state index in [1.165, 1.54) is 12.0 Å². The van der Waals surface area contributed by atoms with Crippen molar-refractivity contribution in [2.75, 3.05) is 0 Å². The molecular weight excluding hydrogens is 266 g/mol. The molecule has 0 unspecified atom stereocenters. The van der Waals surface area contributed by atoms with Crippen LogP contribution in [0.5, 0.6) is 0 Å². The van der Waals surface area contributed by atoms with Crippen LogP contribution >= 0.6 is 11.3 Å². The number of ketones is 1. The molecule has 0 bridgehead atoms. The molecule has 3 rings (SSSR count). The summed E-state index contributed by atoms with van der Waals surface area (Å²) in [5.41, 5.74) is 0.923. The molecule has 0 atom stereocenters. The summed E-state index contributed by atoms with van der Waals surface area (Å²) < 4.78 is 0. The number of rotatable bonds is 4. The standard InChI is InChI=1S/C17H19NOS/c19-15(13-16-18-11-12-20-16)17(9-5-2-6-10-17)14-7-3-1-4-8-14/h1,3-4,7-8,11-12H,2,5-6,9-10,13H2. The molecule has 3 heteroatoms. The van der Waals surface area contributed by atoms with Crippen LogP contribution in [0, 0.1) is 0 Å². The molecule has 0 radical (unpaired) electrons. The third-order valence-corrected chi connectivity index (χ3v) is 5.14. The quantitative estimate of drug-likeness (QED) is 0.844. The topological polar surface area (TPSA) is 30.0 Å². The Hall–Kier alpha value is -1.48. The zero-order valence-electron chi connectivity index (χ0n) is 11.5. The van der Waals surface area contributed by atoms with Gasteiger partial charge in [0, 0.05) is 11.6 Å². The van der Waals surface area contributed by atoms with Crippen LogP contribution in [0.3, 0.4) is 0 Å². The summed E-state index contributed by atoms with van der Waals surface area (Å²) in [6.07, 6.45) is 7.79. The van der Waals surface area contributed by atoms with E-state index in [1.54, 1.807) is 17.5 Å². The van der Waals surface area contributed by atoms with Crippen molar-refractivity contribution in [3.05, 3.63) is 52.5 Å². The Morgan fingerprint density at radius 2 is 1.90 bits per heavy atom. The van der Waals surface area contributed by atoms with E-state index in [0.29, 0.717) is 12.2 Å². The molecule has 1 fully saturated rings. The third kappa shape index (κ3) is 2.55. The summed E-state index contributed by atoms with van der Waals surface area (Å²) in [6, 6.07) is 10.3. The third-order valence-electron chi connectivity index (χ3n) is 4.36. The van der Waals surface area contributed by atoms with Crippen molar-refractivity contribution >= 4 is 17.1 Å². The lowest BCUT2D eigenvalue weighted by Gasteiger charge is -2.36. The number of nitrogens with zero attached hydrogens (tertiary/aromatic N) is 1. The van der Waals surface area contributed by atoms with Gasteiger partial charge >= 0.3 is 0 Å². The lowest BCUT2D eigenvalue weighted by atomic mass is 9.66. The summed E-state index contributed by atoms with van der Waals surface area (Å²) in [5, 5.41) is 2.88. The highest BCUT2D eigenvalue weighted by molar-refractivity contribution is 7.09. The van der Waals surface area contributed by atoms with Gasteiger partial charge in [-0.05, 0) is 18.4 Å². The fourth-order valence-electron chi connectivity index (χ4n) is 3.29. The summed E-state index contributed by atoms with van der Waals surface area (Å²) in [4.78, 5) is 17.2. The van der Waals surface area contributed by atoms with Crippen LogP contribution in [0.15, 0.2) is 41.9 Å². The molecule has 1 aromatic heterocycles. The second kappa shape index (κ2) is 5.88. The van der Waals surface area contributed by atoms with Crippen LogP contribution in [0.4, 0.5) is 0 Å². The van der Waals surface area contributed by atoms with Crippen LogP contribution in [0.1, 0.15) is 42.7 Å². The van der Waals surface area contributed by atoms with E-state index in [1.807, 2.05) is 23.6 Å². The monoisotopic (exact) mass is 285 g/mol. The number of benzene rings is 1. The summed E-state index contributed by atoms with van der Waals surface area (Å²) in [5.74, 6) is 0.346. The smallest absolute Gasteiger partial charge is 0.150 e. The Labute approximate surface area is 123 Å². The van der Waals surface area contributed by atoms with E-state index < -0.39 is 0 Å². The zero-order valence-corrected chi connectivity index (χ0v) is 12.4. The number of Topliss-reactive ketones (excluding diaryl/α,β-unsaturated/α-hetero) is 1. The Balaban J connectivity index is 1.91. The van der Waals surface area contributed by atoms with Gasteiger partial charge in [0.1, 0.15) is 5.78 Å². The fraction of sp³-hybridized carbons (Fsp3) is 0.412. The molecule has 20 heavy (non-hydrogen) atoms. The molecule has 1 aliphatic rings. The number of aromatic nitrogens is 1. The Morgan fingerprint density at radius 3 is 2.55 bits per heavy atom. The number of carbonyl (C=O) groups is 1. The highest BCUT2D eigenvalue weighted by Gasteiger charge is 2.40. The van der Waals surface area contributed by atoms with Gasteiger partial charge in [0.05, 0.1) is 16.8 Å².